The fourth-order valence-corrected chi connectivity index (χ4v) is 5.19. The van der Waals surface area contributed by atoms with E-state index < -0.39 is 10.0 Å². The van der Waals surface area contributed by atoms with Crippen molar-refractivity contribution < 1.29 is 22.7 Å². The van der Waals surface area contributed by atoms with Crippen molar-refractivity contribution in [3.8, 4) is 5.75 Å². The number of benzene rings is 2. The van der Waals surface area contributed by atoms with Crippen molar-refractivity contribution >= 4 is 21.7 Å². The van der Waals surface area contributed by atoms with Gasteiger partial charge in [-0.25, -0.2) is 13.1 Å². The third kappa shape index (κ3) is 5.79. The minimum Gasteiger partial charge on any atom is -0.493 e. The number of Topliss-reactive ketones (excluding diaryl/α,β-unsaturated/α-hetero) is 1. The summed E-state index contributed by atoms with van der Waals surface area (Å²) in [6.07, 6.45) is 1.06. The van der Waals surface area contributed by atoms with E-state index in [1.54, 1.807) is 4.90 Å². The highest BCUT2D eigenvalue weighted by molar-refractivity contribution is 7.89. The Balaban J connectivity index is 1.21. The summed E-state index contributed by atoms with van der Waals surface area (Å²) < 4.78 is 32.9. The van der Waals surface area contributed by atoms with Gasteiger partial charge in [0, 0.05) is 57.7 Å². The number of sulfonamides is 1. The summed E-state index contributed by atoms with van der Waals surface area (Å²) in [6.45, 7) is 5.89. The molecule has 2 aromatic carbocycles. The van der Waals surface area contributed by atoms with E-state index in [9.17, 15) is 18.0 Å². The van der Waals surface area contributed by atoms with Crippen LogP contribution in [0.2, 0.25) is 0 Å². The molecule has 2 heterocycles. The average molecular weight is 472 g/mol. The maximum atomic E-state index is 12.6. The molecule has 1 fully saturated rings. The summed E-state index contributed by atoms with van der Waals surface area (Å²) in [5, 5.41) is 0. The van der Waals surface area contributed by atoms with Gasteiger partial charge in [0.1, 0.15) is 5.75 Å². The lowest BCUT2D eigenvalue weighted by Gasteiger charge is -2.35. The van der Waals surface area contributed by atoms with Crippen LogP contribution < -0.4 is 9.46 Å². The minimum atomic E-state index is -3.73. The molecule has 2 aliphatic rings. The molecule has 2 aromatic rings. The van der Waals surface area contributed by atoms with E-state index in [0.29, 0.717) is 18.7 Å². The smallest absolute Gasteiger partial charge is 0.240 e. The molecule has 4 rings (SSSR count). The number of rotatable bonds is 8. The van der Waals surface area contributed by atoms with Gasteiger partial charge in [-0.05, 0) is 36.2 Å². The van der Waals surface area contributed by atoms with Crippen molar-refractivity contribution in [2.45, 2.75) is 31.2 Å². The van der Waals surface area contributed by atoms with Crippen molar-refractivity contribution in [2.24, 2.45) is 0 Å². The topological polar surface area (TPSA) is 96.0 Å². The lowest BCUT2D eigenvalue weighted by Crippen LogP contribution is -2.48. The highest BCUT2D eigenvalue weighted by Gasteiger charge is 2.22. The van der Waals surface area contributed by atoms with Crippen molar-refractivity contribution in [1.29, 1.82) is 0 Å². The Hall–Kier alpha value is -2.75. The predicted octanol–water partition coefficient (Wildman–Crippen LogP) is 1.84. The van der Waals surface area contributed by atoms with E-state index in [-0.39, 0.29) is 29.6 Å². The summed E-state index contributed by atoms with van der Waals surface area (Å²) in [5.41, 5.74) is 2.97. The number of carbonyl (C=O) groups excluding carboxylic acids is 2. The van der Waals surface area contributed by atoms with Crippen LogP contribution in [0.25, 0.3) is 0 Å². The molecule has 1 N–H and O–H groups in total. The van der Waals surface area contributed by atoms with Gasteiger partial charge in [0.25, 0.3) is 0 Å². The molecule has 0 bridgehead atoms. The first kappa shape index (κ1) is 23.4. The van der Waals surface area contributed by atoms with Gasteiger partial charge >= 0.3 is 0 Å². The fourth-order valence-electron chi connectivity index (χ4n) is 4.15. The first-order valence-electron chi connectivity index (χ1n) is 11.2. The molecule has 9 heteroatoms. The number of piperazine rings is 1. The zero-order valence-corrected chi connectivity index (χ0v) is 19.6. The average Bonchev–Trinajstić information content (AvgIpc) is 3.27. The van der Waals surface area contributed by atoms with E-state index in [1.807, 2.05) is 6.07 Å². The van der Waals surface area contributed by atoms with Crippen LogP contribution in [0.1, 0.15) is 34.8 Å². The lowest BCUT2D eigenvalue weighted by atomic mass is 10.1. The molecule has 0 aromatic heterocycles. The second-order valence-electron chi connectivity index (χ2n) is 8.43. The molecular weight excluding hydrogens is 442 g/mol. The Morgan fingerprint density at radius 2 is 1.76 bits per heavy atom. The van der Waals surface area contributed by atoms with E-state index in [0.717, 1.165) is 38.4 Å². The summed E-state index contributed by atoms with van der Waals surface area (Å²) in [6, 6.07) is 12.1. The van der Waals surface area contributed by atoms with E-state index in [4.69, 9.17) is 4.74 Å². The second-order valence-corrected chi connectivity index (χ2v) is 10.2. The molecule has 176 valence electrons. The highest BCUT2D eigenvalue weighted by Crippen LogP contribution is 2.26. The summed E-state index contributed by atoms with van der Waals surface area (Å²) in [7, 11) is -3.73. The Bertz CT molecular complexity index is 1120. The molecule has 0 radical (unpaired) electrons. The Morgan fingerprint density at radius 3 is 2.45 bits per heavy atom. The molecule has 8 nitrogen and oxygen atoms in total. The van der Waals surface area contributed by atoms with Crippen molar-refractivity contribution in [3.63, 3.8) is 0 Å². The maximum absolute atomic E-state index is 12.6. The molecule has 0 saturated carbocycles. The van der Waals surface area contributed by atoms with Crippen LogP contribution in [0.5, 0.6) is 5.75 Å². The van der Waals surface area contributed by atoms with Gasteiger partial charge in [0.2, 0.25) is 15.9 Å². The van der Waals surface area contributed by atoms with Gasteiger partial charge in [-0.15, -0.1) is 0 Å². The molecule has 1 amide bonds. The third-order valence-electron chi connectivity index (χ3n) is 6.09. The van der Waals surface area contributed by atoms with Crippen LogP contribution in [0.4, 0.5) is 0 Å². The van der Waals surface area contributed by atoms with Crippen LogP contribution >= 0.6 is 0 Å². The molecule has 1 saturated heterocycles. The van der Waals surface area contributed by atoms with Gasteiger partial charge in [-0.2, -0.15) is 0 Å². The molecule has 33 heavy (non-hydrogen) atoms. The first-order chi connectivity index (χ1) is 15.8. The van der Waals surface area contributed by atoms with Crippen LogP contribution in [0.3, 0.4) is 0 Å². The van der Waals surface area contributed by atoms with Gasteiger partial charge < -0.3 is 9.64 Å². The van der Waals surface area contributed by atoms with Gasteiger partial charge in [0.15, 0.2) is 5.78 Å². The van der Waals surface area contributed by atoms with Crippen molar-refractivity contribution in [1.82, 2.24) is 14.5 Å². The Kier molecular flexibility index (Phi) is 7.11. The molecule has 0 atom stereocenters. The number of nitrogens with one attached hydrogen (secondary N) is 1. The van der Waals surface area contributed by atoms with Crippen molar-refractivity contribution in [3.05, 3.63) is 59.2 Å². The quantitative estimate of drug-likeness (QED) is 0.591. The molecule has 2 aliphatic heterocycles. The van der Waals surface area contributed by atoms with Crippen LogP contribution in [0, 0.1) is 0 Å². The van der Waals surface area contributed by atoms with Crippen LogP contribution in [-0.4, -0.2) is 69.2 Å². The molecule has 0 spiro atoms. The molecule has 0 aliphatic carbocycles. The van der Waals surface area contributed by atoms with E-state index in [1.165, 1.54) is 42.3 Å². The number of hydrogen-bond donors (Lipinski definition) is 1. The monoisotopic (exact) mass is 471 g/mol. The number of ketones is 1. The number of hydrogen-bond acceptors (Lipinski definition) is 6. The summed E-state index contributed by atoms with van der Waals surface area (Å²) in [5.74, 6) is 0.802. The minimum absolute atomic E-state index is 0.0348. The molecule has 0 unspecified atom stereocenters. The largest absolute Gasteiger partial charge is 0.493 e. The lowest BCUT2D eigenvalue weighted by molar-refractivity contribution is -0.132. The summed E-state index contributed by atoms with van der Waals surface area (Å²) >= 11 is 0. The van der Waals surface area contributed by atoms with Crippen molar-refractivity contribution in [2.75, 3.05) is 39.3 Å². The number of amides is 1. The van der Waals surface area contributed by atoms with Gasteiger partial charge in [-0.1, -0.05) is 24.3 Å². The van der Waals surface area contributed by atoms with Gasteiger partial charge in [-0.3, -0.25) is 14.5 Å². The number of fused-ring (bicyclic) bond motifs is 1. The highest BCUT2D eigenvalue weighted by atomic mass is 32.2. The van der Waals surface area contributed by atoms with E-state index in [2.05, 4.69) is 21.8 Å². The Morgan fingerprint density at radius 1 is 1.03 bits per heavy atom. The van der Waals surface area contributed by atoms with Gasteiger partial charge in [0.05, 0.1) is 11.5 Å². The Labute approximate surface area is 194 Å². The zero-order chi connectivity index (χ0) is 23.4. The number of nitrogens with zero attached hydrogens (tertiary/aromatic N) is 2. The predicted molar refractivity (Wildman–Crippen MR) is 124 cm³/mol. The van der Waals surface area contributed by atoms with E-state index >= 15 is 0 Å². The fraction of sp³-hybridized carbons (Fsp3) is 0.417. The maximum Gasteiger partial charge on any atom is 0.240 e. The molecular formula is C24H29N3O5S. The third-order valence-corrected chi connectivity index (χ3v) is 7.56. The second kappa shape index (κ2) is 10.0. The summed E-state index contributed by atoms with van der Waals surface area (Å²) in [4.78, 5) is 28.1. The first-order valence-corrected chi connectivity index (χ1v) is 12.7. The number of ether oxygens (including phenoxy) is 1. The standard InChI is InChI=1S/C24H29N3O5S/c1-18(28)20-3-5-22(6-4-20)33(30,31)25-10-8-24(29)27-13-11-26(12-14-27)17-19-2-7-23-21(16-19)9-15-32-23/h2-7,16,25H,8-15,17H2,1H3. The number of carbonyl (C=O) groups is 2. The normalized spacial score (nSPS) is 16.3. The van der Waals surface area contributed by atoms with Crippen LogP contribution in [-0.2, 0) is 27.8 Å². The SMILES string of the molecule is CC(=O)c1ccc(S(=O)(=O)NCCC(=O)N2CCN(Cc3ccc4c(c3)CCO4)CC2)cc1. The zero-order valence-electron chi connectivity index (χ0n) is 18.7. The van der Waals surface area contributed by atoms with Crippen LogP contribution in [0.15, 0.2) is 47.4 Å².